The van der Waals surface area contributed by atoms with Crippen LogP contribution in [0.4, 0.5) is 0 Å². The molecule has 0 rings (SSSR count). The predicted molar refractivity (Wildman–Crippen MR) is 71.3 cm³/mol. The van der Waals surface area contributed by atoms with Crippen molar-refractivity contribution in [2.75, 3.05) is 6.61 Å². The van der Waals surface area contributed by atoms with Gasteiger partial charge in [0, 0.05) is 26.1 Å². The molecule has 18 heavy (non-hydrogen) atoms. The molecule has 4 N–H and O–H groups in total. The second-order valence-electron chi connectivity index (χ2n) is 4.25. The zero-order valence-corrected chi connectivity index (χ0v) is 14.8. The monoisotopic (exact) mass is 312 g/mol. The van der Waals surface area contributed by atoms with Gasteiger partial charge in [0.2, 0.25) is 0 Å². The van der Waals surface area contributed by atoms with Crippen LogP contribution in [0, 0.1) is 0 Å². The van der Waals surface area contributed by atoms with Gasteiger partial charge < -0.3 is 20.2 Å². The molecule has 106 valence electrons. The molecule has 0 aliphatic carbocycles. The molecule has 0 bridgehead atoms. The second-order valence-corrected chi connectivity index (χ2v) is 4.25. The van der Waals surface area contributed by atoms with Crippen LogP contribution in [0.15, 0.2) is 0 Å². The summed E-state index contributed by atoms with van der Waals surface area (Å²) in [6.07, 6.45) is 13.3. The normalized spacial score (nSPS) is 9.17. The molecule has 0 saturated carbocycles. The molecule has 0 amide bonds. The predicted octanol–water partition coefficient (Wildman–Crippen LogP) is 1.85. The van der Waals surface area contributed by atoms with E-state index in [1.165, 1.54) is 57.8 Å². The Hall–Kier alpha value is 0.528. The van der Waals surface area contributed by atoms with Crippen molar-refractivity contribution < 1.29 is 39.7 Å². The van der Waals surface area contributed by atoms with Crippen LogP contribution in [0.25, 0.3) is 0 Å². The minimum atomic E-state index is -2.17. The molecule has 0 spiro atoms. The molecule has 0 unspecified atom stereocenters. The summed E-state index contributed by atoms with van der Waals surface area (Å²) in [5.74, 6) is 0. The smallest absolute Gasteiger partial charge is 0.402 e. The Balaban J connectivity index is -0.000000392. The summed E-state index contributed by atoms with van der Waals surface area (Å²) >= 11 is 0. The molecule has 0 aromatic rings. The third-order valence-electron chi connectivity index (χ3n) is 2.51. The largest absolute Gasteiger partial charge is 0.631 e. The molecule has 0 radical (unpaired) electrons. The van der Waals surface area contributed by atoms with Gasteiger partial charge in [0.05, 0.1) is 0 Å². The fourth-order valence-electron chi connectivity index (χ4n) is 1.60. The van der Waals surface area contributed by atoms with E-state index in [-0.39, 0.29) is 19.5 Å². The minimum Gasteiger partial charge on any atom is -0.402 e. The molecular formula is C12H29BO4Zn. The average molecular weight is 314 g/mol. The molecule has 6 heteroatoms. The Kier molecular flexibility index (Phi) is 29.8. The number of rotatable bonds is 10. The van der Waals surface area contributed by atoms with Crippen LogP contribution in [0.1, 0.15) is 71.1 Å². The summed E-state index contributed by atoms with van der Waals surface area (Å²) in [5.41, 5.74) is 0. The summed E-state index contributed by atoms with van der Waals surface area (Å²) in [4.78, 5) is 0. The van der Waals surface area contributed by atoms with Crippen molar-refractivity contribution in [3.63, 3.8) is 0 Å². The summed E-state index contributed by atoms with van der Waals surface area (Å²) < 4.78 is 0. The third kappa shape index (κ3) is 36.0. The topological polar surface area (TPSA) is 80.9 Å². The maximum Gasteiger partial charge on any atom is 0.631 e. The first-order chi connectivity index (χ1) is 8.15. The van der Waals surface area contributed by atoms with Crippen molar-refractivity contribution in [3.05, 3.63) is 0 Å². The third-order valence-corrected chi connectivity index (χ3v) is 2.51. The van der Waals surface area contributed by atoms with Gasteiger partial charge in [-0.05, 0) is 6.42 Å². The maximum atomic E-state index is 8.57. The van der Waals surface area contributed by atoms with Gasteiger partial charge >= 0.3 is 7.32 Å². The minimum absolute atomic E-state index is 0. The van der Waals surface area contributed by atoms with Gasteiger partial charge in [0.25, 0.3) is 0 Å². The van der Waals surface area contributed by atoms with Crippen molar-refractivity contribution in [1.29, 1.82) is 0 Å². The van der Waals surface area contributed by atoms with Gasteiger partial charge in [-0.25, -0.2) is 0 Å². The van der Waals surface area contributed by atoms with Crippen LogP contribution in [-0.4, -0.2) is 34.1 Å². The molecule has 0 aliphatic heterocycles. The van der Waals surface area contributed by atoms with Crippen LogP contribution < -0.4 is 0 Å². The zero-order chi connectivity index (χ0) is 13.4. The number of aliphatic hydroxyl groups excluding tert-OH is 1. The molecule has 4 nitrogen and oxygen atoms in total. The van der Waals surface area contributed by atoms with Gasteiger partial charge in [-0.1, -0.05) is 64.7 Å². The van der Waals surface area contributed by atoms with E-state index in [4.69, 9.17) is 20.2 Å². The van der Waals surface area contributed by atoms with E-state index in [0.29, 0.717) is 6.61 Å². The first-order valence-corrected chi connectivity index (χ1v) is 6.80. The van der Waals surface area contributed by atoms with Crippen LogP contribution in [0.2, 0.25) is 0 Å². The Morgan fingerprint density at radius 3 is 1.22 bits per heavy atom. The maximum absolute atomic E-state index is 8.57. The molecule has 0 fully saturated rings. The van der Waals surface area contributed by atoms with Crippen LogP contribution in [-0.2, 0) is 19.5 Å². The van der Waals surface area contributed by atoms with E-state index < -0.39 is 7.32 Å². The van der Waals surface area contributed by atoms with Gasteiger partial charge in [0.1, 0.15) is 0 Å². The summed E-state index contributed by atoms with van der Waals surface area (Å²) in [6, 6.07) is 0. The van der Waals surface area contributed by atoms with Crippen LogP contribution >= 0.6 is 0 Å². The average Bonchev–Trinajstić information content (AvgIpc) is 2.26. The van der Waals surface area contributed by atoms with Crippen molar-refractivity contribution in [1.82, 2.24) is 0 Å². The van der Waals surface area contributed by atoms with Gasteiger partial charge in [-0.2, -0.15) is 0 Å². The Morgan fingerprint density at radius 1 is 0.667 bits per heavy atom. The van der Waals surface area contributed by atoms with E-state index in [9.17, 15) is 0 Å². The summed E-state index contributed by atoms with van der Waals surface area (Å²) in [7, 11) is -2.17. The van der Waals surface area contributed by atoms with E-state index in [1.54, 1.807) is 0 Å². The van der Waals surface area contributed by atoms with E-state index in [2.05, 4.69) is 6.92 Å². The number of unbranched alkanes of at least 4 members (excludes halogenated alkanes) is 9. The van der Waals surface area contributed by atoms with Gasteiger partial charge in [-0.3, -0.25) is 0 Å². The Labute approximate surface area is 125 Å². The van der Waals surface area contributed by atoms with Crippen molar-refractivity contribution in [2.45, 2.75) is 71.1 Å². The fourth-order valence-corrected chi connectivity index (χ4v) is 1.60. The molecule has 0 atom stereocenters. The second kappa shape index (κ2) is 22.7. The van der Waals surface area contributed by atoms with Crippen molar-refractivity contribution >= 4 is 7.32 Å². The van der Waals surface area contributed by atoms with E-state index in [1.807, 2.05) is 0 Å². The van der Waals surface area contributed by atoms with Crippen LogP contribution in [0.3, 0.4) is 0 Å². The Bertz CT molecular complexity index is 116. The molecule has 0 aromatic heterocycles. The molecule has 0 aromatic carbocycles. The first kappa shape index (κ1) is 23.6. The zero-order valence-electron chi connectivity index (χ0n) is 11.9. The van der Waals surface area contributed by atoms with Crippen LogP contribution in [0.5, 0.6) is 0 Å². The SMILES string of the molecule is CCCCCCCCCCCCO.OB(O)O.[Zn]. The van der Waals surface area contributed by atoms with Crippen molar-refractivity contribution in [3.8, 4) is 0 Å². The number of aliphatic hydroxyl groups is 1. The molecule has 0 saturated heterocycles. The standard InChI is InChI=1S/C12H26O.BH3O3.Zn/c1-2-3-4-5-6-7-8-9-10-11-12-13;2-1(3)4;/h13H,2-12H2,1H3;2-4H;. The number of hydrogen-bond acceptors (Lipinski definition) is 4. The quantitative estimate of drug-likeness (QED) is 0.366. The van der Waals surface area contributed by atoms with Crippen molar-refractivity contribution in [2.24, 2.45) is 0 Å². The first-order valence-electron chi connectivity index (χ1n) is 6.80. The van der Waals surface area contributed by atoms with Gasteiger partial charge in [-0.15, -0.1) is 0 Å². The molecule has 0 heterocycles. The molecular weight excluding hydrogens is 284 g/mol. The summed E-state index contributed by atoms with van der Waals surface area (Å²) in [6.45, 7) is 2.63. The van der Waals surface area contributed by atoms with E-state index >= 15 is 0 Å². The van der Waals surface area contributed by atoms with E-state index in [0.717, 1.165) is 6.42 Å². The summed E-state index contributed by atoms with van der Waals surface area (Å²) in [5, 5.41) is 30.1. The Morgan fingerprint density at radius 2 is 0.944 bits per heavy atom. The fraction of sp³-hybridized carbons (Fsp3) is 1.00. The number of hydrogen-bond donors (Lipinski definition) is 4. The molecule has 0 aliphatic rings. The van der Waals surface area contributed by atoms with Gasteiger partial charge in [0.15, 0.2) is 0 Å².